The number of ether oxygens (including phenoxy) is 1. The van der Waals surface area contributed by atoms with Gasteiger partial charge in [0.2, 0.25) is 0 Å². The summed E-state index contributed by atoms with van der Waals surface area (Å²) in [4.78, 5) is 2.37. The highest BCUT2D eigenvalue weighted by Gasteiger charge is 2.11. The summed E-state index contributed by atoms with van der Waals surface area (Å²) in [5, 5.41) is 10.2. The van der Waals surface area contributed by atoms with Crippen LogP contribution in [0.2, 0.25) is 0 Å². The molecule has 0 atom stereocenters. The first-order valence-corrected chi connectivity index (χ1v) is 6.88. The highest BCUT2D eigenvalue weighted by molar-refractivity contribution is 5.45. The van der Waals surface area contributed by atoms with Crippen LogP contribution in [0.3, 0.4) is 0 Å². The van der Waals surface area contributed by atoms with E-state index >= 15 is 0 Å². The maximum Gasteiger partial charge on any atom is 0.162 e. The number of hydrogen-bond donors (Lipinski definition) is 1. The van der Waals surface area contributed by atoms with Gasteiger partial charge in [-0.25, -0.2) is 0 Å². The molecule has 0 aliphatic carbocycles. The summed E-state index contributed by atoms with van der Waals surface area (Å²) < 4.78 is 5.41. The van der Waals surface area contributed by atoms with Gasteiger partial charge in [-0.1, -0.05) is 26.0 Å². The maximum atomic E-state index is 10.2. The van der Waals surface area contributed by atoms with Gasteiger partial charge in [0.25, 0.3) is 0 Å². The Hall–Kier alpha value is -1.22. The van der Waals surface area contributed by atoms with E-state index in [9.17, 15) is 5.11 Å². The molecule has 1 N–H and O–H groups in total. The molecule has 0 aromatic heterocycles. The number of rotatable bonds is 8. The molecule has 0 bridgehead atoms. The predicted molar refractivity (Wildman–Crippen MR) is 75.1 cm³/mol. The van der Waals surface area contributed by atoms with Crippen molar-refractivity contribution < 1.29 is 9.84 Å². The predicted octanol–water partition coefficient (Wildman–Crippen LogP) is 3.41. The highest BCUT2D eigenvalue weighted by atomic mass is 16.5. The van der Waals surface area contributed by atoms with Gasteiger partial charge in [0.15, 0.2) is 11.5 Å². The number of nitrogens with zero attached hydrogens (tertiary/aromatic N) is 1. The molecule has 0 heterocycles. The quantitative estimate of drug-likeness (QED) is 0.768. The molecule has 0 aliphatic rings. The number of phenols is 1. The molecule has 1 aromatic rings. The van der Waals surface area contributed by atoms with Crippen LogP contribution in [0.15, 0.2) is 18.2 Å². The van der Waals surface area contributed by atoms with Gasteiger partial charge in [-0.05, 0) is 38.9 Å². The van der Waals surface area contributed by atoms with Crippen molar-refractivity contribution in [2.75, 3.05) is 19.7 Å². The lowest BCUT2D eigenvalue weighted by atomic mass is 10.1. The fourth-order valence-electron chi connectivity index (χ4n) is 2.11. The summed E-state index contributed by atoms with van der Waals surface area (Å²) in [6.45, 7) is 9.77. The minimum Gasteiger partial charge on any atom is -0.504 e. The molecule has 1 aromatic carbocycles. The lowest BCUT2D eigenvalue weighted by Gasteiger charge is -2.22. The van der Waals surface area contributed by atoms with Gasteiger partial charge in [0, 0.05) is 12.1 Å². The van der Waals surface area contributed by atoms with E-state index in [0.717, 1.165) is 38.0 Å². The minimum absolute atomic E-state index is 0.288. The van der Waals surface area contributed by atoms with Gasteiger partial charge >= 0.3 is 0 Å². The molecule has 18 heavy (non-hydrogen) atoms. The first-order chi connectivity index (χ1) is 8.72. The van der Waals surface area contributed by atoms with Crippen molar-refractivity contribution >= 4 is 0 Å². The molecule has 0 amide bonds. The molecule has 1 rings (SSSR count). The highest BCUT2D eigenvalue weighted by Crippen LogP contribution is 2.30. The van der Waals surface area contributed by atoms with Gasteiger partial charge < -0.3 is 9.84 Å². The van der Waals surface area contributed by atoms with E-state index in [2.05, 4.69) is 18.7 Å². The lowest BCUT2D eigenvalue weighted by molar-refractivity contribution is 0.259. The van der Waals surface area contributed by atoms with E-state index in [1.807, 2.05) is 25.1 Å². The average molecular weight is 251 g/mol. The number of benzene rings is 1. The standard InChI is InChI=1S/C15H25NO2/c1-4-10-16(11-5-2)12-13-8-7-9-14(15(13)17)18-6-3/h7-9,17H,4-6,10-12H2,1-3H3. The summed E-state index contributed by atoms with van der Waals surface area (Å²) in [6, 6.07) is 5.72. The van der Waals surface area contributed by atoms with E-state index in [1.54, 1.807) is 0 Å². The first-order valence-electron chi connectivity index (χ1n) is 6.88. The van der Waals surface area contributed by atoms with Crippen molar-refractivity contribution in [1.29, 1.82) is 0 Å². The van der Waals surface area contributed by atoms with Gasteiger partial charge in [-0.3, -0.25) is 4.90 Å². The summed E-state index contributed by atoms with van der Waals surface area (Å²) in [6.07, 6.45) is 2.26. The van der Waals surface area contributed by atoms with Crippen LogP contribution in [0.25, 0.3) is 0 Å². The van der Waals surface area contributed by atoms with Crippen molar-refractivity contribution in [1.82, 2.24) is 4.90 Å². The number of hydrogen-bond acceptors (Lipinski definition) is 3. The van der Waals surface area contributed by atoms with Gasteiger partial charge in [-0.15, -0.1) is 0 Å². The summed E-state index contributed by atoms with van der Waals surface area (Å²) >= 11 is 0. The Bertz CT molecular complexity index is 346. The second kappa shape index (κ2) is 7.98. The zero-order chi connectivity index (χ0) is 13.4. The van der Waals surface area contributed by atoms with Crippen LogP contribution in [-0.2, 0) is 6.54 Å². The summed E-state index contributed by atoms with van der Waals surface area (Å²) in [5.41, 5.74) is 0.947. The Morgan fingerprint density at radius 3 is 2.33 bits per heavy atom. The van der Waals surface area contributed by atoms with Crippen molar-refractivity contribution in [2.45, 2.75) is 40.2 Å². The third kappa shape index (κ3) is 4.22. The van der Waals surface area contributed by atoms with Gasteiger partial charge in [0.1, 0.15) is 0 Å². The molecular formula is C15H25NO2. The van der Waals surface area contributed by atoms with Gasteiger partial charge in [0.05, 0.1) is 6.61 Å². The van der Waals surface area contributed by atoms with Crippen molar-refractivity contribution in [3.63, 3.8) is 0 Å². The molecular weight excluding hydrogens is 226 g/mol. The Kier molecular flexibility index (Phi) is 6.58. The fraction of sp³-hybridized carbons (Fsp3) is 0.600. The molecule has 0 saturated heterocycles. The van der Waals surface area contributed by atoms with Crippen molar-refractivity contribution in [2.24, 2.45) is 0 Å². The zero-order valence-corrected chi connectivity index (χ0v) is 11.8. The normalized spacial score (nSPS) is 10.9. The van der Waals surface area contributed by atoms with Crippen LogP contribution >= 0.6 is 0 Å². The van der Waals surface area contributed by atoms with Crippen molar-refractivity contribution in [3.8, 4) is 11.5 Å². The first kappa shape index (κ1) is 14.8. The van der Waals surface area contributed by atoms with Crippen LogP contribution in [0, 0.1) is 0 Å². The summed E-state index contributed by atoms with van der Waals surface area (Å²) in [7, 11) is 0. The molecule has 0 saturated carbocycles. The molecule has 102 valence electrons. The minimum atomic E-state index is 0.288. The average Bonchev–Trinajstić information content (AvgIpc) is 2.35. The number of aromatic hydroxyl groups is 1. The van der Waals surface area contributed by atoms with Crippen LogP contribution in [0.1, 0.15) is 39.2 Å². The molecule has 0 unspecified atom stereocenters. The van der Waals surface area contributed by atoms with E-state index in [-0.39, 0.29) is 5.75 Å². The Balaban J connectivity index is 2.78. The van der Waals surface area contributed by atoms with E-state index in [0.29, 0.717) is 12.4 Å². The zero-order valence-electron chi connectivity index (χ0n) is 11.8. The monoisotopic (exact) mass is 251 g/mol. The molecule has 0 fully saturated rings. The topological polar surface area (TPSA) is 32.7 Å². The van der Waals surface area contributed by atoms with Gasteiger partial charge in [-0.2, -0.15) is 0 Å². The molecule has 0 aliphatic heterocycles. The van der Waals surface area contributed by atoms with Crippen LogP contribution < -0.4 is 4.74 Å². The van der Waals surface area contributed by atoms with Crippen LogP contribution in [-0.4, -0.2) is 29.7 Å². The number of phenolic OH excluding ortho intramolecular Hbond substituents is 1. The molecule has 0 radical (unpaired) electrons. The van der Waals surface area contributed by atoms with E-state index < -0.39 is 0 Å². The molecule has 0 spiro atoms. The summed E-state index contributed by atoms with van der Waals surface area (Å²) in [5.74, 6) is 0.875. The van der Waals surface area contributed by atoms with E-state index in [4.69, 9.17) is 4.74 Å². The largest absolute Gasteiger partial charge is 0.504 e. The third-order valence-corrected chi connectivity index (χ3v) is 2.86. The third-order valence-electron chi connectivity index (χ3n) is 2.86. The Labute approximate surface area is 110 Å². The Morgan fingerprint density at radius 1 is 1.11 bits per heavy atom. The Morgan fingerprint density at radius 2 is 1.78 bits per heavy atom. The van der Waals surface area contributed by atoms with Crippen molar-refractivity contribution in [3.05, 3.63) is 23.8 Å². The molecule has 3 nitrogen and oxygen atoms in total. The van der Waals surface area contributed by atoms with E-state index in [1.165, 1.54) is 0 Å². The second-order valence-corrected chi connectivity index (χ2v) is 4.47. The fourth-order valence-corrected chi connectivity index (χ4v) is 2.11. The smallest absolute Gasteiger partial charge is 0.162 e. The lowest BCUT2D eigenvalue weighted by Crippen LogP contribution is -2.24. The van der Waals surface area contributed by atoms with Crippen LogP contribution in [0.4, 0.5) is 0 Å². The number of para-hydroxylation sites is 1. The molecule has 3 heteroatoms. The van der Waals surface area contributed by atoms with Crippen LogP contribution in [0.5, 0.6) is 11.5 Å². The second-order valence-electron chi connectivity index (χ2n) is 4.47. The maximum absolute atomic E-state index is 10.2. The SMILES string of the molecule is CCCN(CCC)Cc1cccc(OCC)c1O.